The molecule has 32 valence electrons. The molecule has 2 nitrogen and oxygen atoms in total. The molecule has 0 bridgehead atoms. The van der Waals surface area contributed by atoms with Gasteiger partial charge in [-0.25, -0.2) is 0 Å². The second-order valence-corrected chi connectivity index (χ2v) is 1.54. The van der Waals surface area contributed by atoms with Crippen LogP contribution in [0.2, 0.25) is 0 Å². The minimum absolute atomic E-state index is 1.05. The average molecular weight is 102 g/mol. The summed E-state index contributed by atoms with van der Waals surface area (Å²) < 4.78 is 0. The summed E-state index contributed by atoms with van der Waals surface area (Å²) >= 11 is 0. The Kier molecular flexibility index (Phi) is 1.25. The van der Waals surface area contributed by atoms with E-state index in [0.717, 1.165) is 8.20 Å². The zero-order valence-corrected chi connectivity index (χ0v) is 3.89. The molecule has 0 saturated heterocycles. The molecule has 0 amide bonds. The molecule has 0 fully saturated rings. The third-order valence-electron chi connectivity index (χ3n) is 0.362. The molecule has 0 saturated carbocycles. The molecule has 0 aromatic heterocycles. The molecular weight excluding hydrogens is 99.0 g/mol. The van der Waals surface area contributed by atoms with E-state index in [2.05, 4.69) is 9.78 Å². The highest BCUT2D eigenvalue weighted by Crippen LogP contribution is 2.00. The first kappa shape index (κ1) is 3.85. The third kappa shape index (κ3) is 0.814. The highest BCUT2D eigenvalue weighted by Gasteiger charge is 1.76. The predicted octanol–water partition coefficient (Wildman–Crippen LogP) is 1.13. The van der Waals surface area contributed by atoms with Gasteiger partial charge in [-0.2, -0.15) is 4.89 Å². The van der Waals surface area contributed by atoms with Gasteiger partial charge in [0.1, 0.15) is 12.2 Å². The van der Waals surface area contributed by atoms with Gasteiger partial charge in [0.2, 0.25) is 0 Å². The molecule has 0 aromatic rings. The second kappa shape index (κ2) is 1.96. The first-order valence-electron chi connectivity index (χ1n) is 1.49. The van der Waals surface area contributed by atoms with Crippen molar-refractivity contribution in [1.29, 1.82) is 0 Å². The van der Waals surface area contributed by atoms with Crippen LogP contribution in [0.1, 0.15) is 0 Å². The molecule has 1 heterocycles. The van der Waals surface area contributed by atoms with E-state index in [1.165, 1.54) is 6.26 Å². The lowest BCUT2D eigenvalue weighted by Crippen LogP contribution is -1.81. The Morgan fingerprint density at radius 2 is 2.33 bits per heavy atom. The topological polar surface area (TPSA) is 18.5 Å². The largest absolute Gasteiger partial charge is 0.340 e. The Morgan fingerprint density at radius 1 is 1.33 bits per heavy atom. The smallest absolute Gasteiger partial charge is 0.134 e. The lowest BCUT2D eigenvalue weighted by atomic mass is 11.2. The predicted molar refractivity (Wildman–Crippen MR) is 24.3 cm³/mol. The van der Waals surface area contributed by atoms with E-state index in [1.807, 2.05) is 5.82 Å². The van der Waals surface area contributed by atoms with E-state index in [0.29, 0.717) is 0 Å². The van der Waals surface area contributed by atoms with Gasteiger partial charge in [-0.3, -0.25) is 0 Å². The minimum Gasteiger partial charge on any atom is -0.340 e. The van der Waals surface area contributed by atoms with Gasteiger partial charge in [-0.15, -0.1) is 0 Å². The molecule has 0 atom stereocenters. The van der Waals surface area contributed by atoms with Gasteiger partial charge in [-0.05, 0) is 8.20 Å². The lowest BCUT2D eigenvalue weighted by Gasteiger charge is -1.92. The van der Waals surface area contributed by atoms with Gasteiger partial charge in [0, 0.05) is 5.82 Å². The second-order valence-electron chi connectivity index (χ2n) is 0.732. The summed E-state index contributed by atoms with van der Waals surface area (Å²) in [7, 11) is 1.05. The van der Waals surface area contributed by atoms with E-state index in [4.69, 9.17) is 0 Å². The summed E-state index contributed by atoms with van der Waals surface area (Å²) in [5.74, 6) is 3.39. The van der Waals surface area contributed by atoms with Gasteiger partial charge in [0.05, 0.1) is 0 Å². The molecule has 0 aromatic carbocycles. The van der Waals surface area contributed by atoms with Crippen LogP contribution in [-0.2, 0) is 9.78 Å². The zero-order valence-electron chi connectivity index (χ0n) is 3.00. The molecule has 0 unspecified atom stereocenters. The summed E-state index contributed by atoms with van der Waals surface area (Å²) in [6, 6.07) is 0. The number of hydrogen-bond donors (Lipinski definition) is 0. The van der Waals surface area contributed by atoms with Crippen molar-refractivity contribution in [3.05, 3.63) is 12.1 Å². The SMILES string of the molecule is C1=CP=COO1. The summed E-state index contributed by atoms with van der Waals surface area (Å²) in [5, 5.41) is 0. The first-order chi connectivity index (χ1) is 3.00. The molecule has 0 spiro atoms. The lowest BCUT2D eigenvalue weighted by molar-refractivity contribution is -0.157. The van der Waals surface area contributed by atoms with Crippen LogP contribution in [0.4, 0.5) is 0 Å². The van der Waals surface area contributed by atoms with Crippen LogP contribution < -0.4 is 0 Å². The van der Waals surface area contributed by atoms with Gasteiger partial charge in [0.15, 0.2) is 0 Å². The fraction of sp³-hybridized carbons (Fsp3) is 0. The Labute approximate surface area is 37.1 Å². The summed E-state index contributed by atoms with van der Waals surface area (Å²) in [5.41, 5.74) is 0. The summed E-state index contributed by atoms with van der Waals surface area (Å²) in [6.07, 6.45) is 1.50. The molecule has 6 heavy (non-hydrogen) atoms. The molecule has 1 rings (SSSR count). The van der Waals surface area contributed by atoms with Crippen LogP contribution in [0.3, 0.4) is 0 Å². The average Bonchev–Trinajstić information content (AvgIpc) is 1.72. The molecule has 3 heteroatoms. The minimum atomic E-state index is 1.05. The molecule has 1 aliphatic heterocycles. The number of hydrogen-bond acceptors (Lipinski definition) is 2. The molecule has 0 N–H and O–H groups in total. The van der Waals surface area contributed by atoms with Crippen LogP contribution >= 0.6 is 8.20 Å². The van der Waals surface area contributed by atoms with Crippen molar-refractivity contribution in [1.82, 2.24) is 0 Å². The number of rotatable bonds is 0. The standard InChI is InChI=1S/C3H3O2P/c1-2-6-3-5-4-1/h1-3H. The van der Waals surface area contributed by atoms with Crippen LogP contribution in [0, 0.1) is 0 Å². The Morgan fingerprint density at radius 3 is 2.50 bits per heavy atom. The van der Waals surface area contributed by atoms with E-state index in [-0.39, 0.29) is 0 Å². The van der Waals surface area contributed by atoms with Crippen LogP contribution in [0.25, 0.3) is 0 Å². The maximum Gasteiger partial charge on any atom is 0.134 e. The van der Waals surface area contributed by atoms with Crippen molar-refractivity contribution in [2.45, 2.75) is 0 Å². The monoisotopic (exact) mass is 102 g/mol. The highest BCUT2D eigenvalue weighted by atomic mass is 31.1. The molecule has 1 aliphatic rings. The fourth-order valence-corrected chi connectivity index (χ4v) is 0.467. The maximum atomic E-state index is 4.35. The molecule has 0 aliphatic carbocycles. The van der Waals surface area contributed by atoms with Crippen molar-refractivity contribution >= 4 is 14.2 Å². The normalized spacial score (nSPS) is 20.0. The highest BCUT2D eigenvalue weighted by molar-refractivity contribution is 7.41. The van der Waals surface area contributed by atoms with E-state index >= 15 is 0 Å². The maximum absolute atomic E-state index is 4.35. The van der Waals surface area contributed by atoms with Crippen LogP contribution in [-0.4, -0.2) is 5.98 Å². The van der Waals surface area contributed by atoms with Gasteiger partial charge in [-0.1, -0.05) is 0 Å². The van der Waals surface area contributed by atoms with Gasteiger partial charge >= 0.3 is 0 Å². The van der Waals surface area contributed by atoms with Crippen molar-refractivity contribution < 1.29 is 9.78 Å². The van der Waals surface area contributed by atoms with Crippen molar-refractivity contribution in [2.24, 2.45) is 0 Å². The zero-order chi connectivity index (χ0) is 4.24. The van der Waals surface area contributed by atoms with E-state index in [1.54, 1.807) is 5.98 Å². The van der Waals surface area contributed by atoms with Gasteiger partial charge in [0.25, 0.3) is 0 Å². The Bertz CT molecular complexity index is 74.8. The van der Waals surface area contributed by atoms with Crippen molar-refractivity contribution in [3.8, 4) is 0 Å². The first-order valence-corrected chi connectivity index (χ1v) is 2.52. The molecular formula is C3H3O2P. The third-order valence-corrected chi connectivity index (χ3v) is 0.864. The Hall–Kier alpha value is -0.330. The van der Waals surface area contributed by atoms with E-state index < -0.39 is 0 Å². The fourth-order valence-electron chi connectivity index (χ4n) is 0.177. The quantitative estimate of drug-likeness (QED) is 0.337. The molecule has 0 radical (unpaired) electrons. The van der Waals surface area contributed by atoms with Crippen LogP contribution in [0.15, 0.2) is 12.1 Å². The summed E-state index contributed by atoms with van der Waals surface area (Å²) in [4.78, 5) is 8.67. The summed E-state index contributed by atoms with van der Waals surface area (Å²) in [6.45, 7) is 0. The van der Waals surface area contributed by atoms with Crippen LogP contribution in [0.5, 0.6) is 0 Å². The van der Waals surface area contributed by atoms with Gasteiger partial charge < -0.3 is 4.89 Å². The van der Waals surface area contributed by atoms with Crippen molar-refractivity contribution in [3.63, 3.8) is 0 Å². The van der Waals surface area contributed by atoms with E-state index in [9.17, 15) is 0 Å². The van der Waals surface area contributed by atoms with Crippen molar-refractivity contribution in [2.75, 3.05) is 0 Å². The Balaban J connectivity index is 2.46.